The van der Waals surface area contributed by atoms with E-state index in [1.807, 2.05) is 18.3 Å². The number of aromatic nitrogens is 2. The van der Waals surface area contributed by atoms with Gasteiger partial charge in [0.2, 0.25) is 0 Å². The molecule has 3 heteroatoms. The number of nitrogens with zero attached hydrogens (tertiary/aromatic N) is 1. The molecule has 16 heavy (non-hydrogen) atoms. The van der Waals surface area contributed by atoms with Crippen molar-refractivity contribution in [3.05, 3.63) is 24.4 Å². The lowest BCUT2D eigenvalue weighted by Crippen LogP contribution is -2.12. The highest BCUT2D eigenvalue weighted by Gasteiger charge is 2.09. The Morgan fingerprint density at radius 3 is 2.88 bits per heavy atom. The molecule has 0 amide bonds. The summed E-state index contributed by atoms with van der Waals surface area (Å²) in [6.07, 6.45) is 3.02. The molecule has 2 rings (SSSR count). The smallest absolute Gasteiger partial charge is 0.0671 e. The molecular weight excluding hydrogens is 198 g/mol. The third kappa shape index (κ3) is 2.54. The van der Waals surface area contributed by atoms with Crippen LogP contribution in [0.25, 0.3) is 10.9 Å². The predicted molar refractivity (Wildman–Crippen MR) is 68.7 cm³/mol. The van der Waals surface area contributed by atoms with Gasteiger partial charge in [-0.05, 0) is 24.0 Å². The molecule has 1 aromatic carbocycles. The molecule has 0 aliphatic rings. The maximum atomic E-state index is 4.05. The lowest BCUT2D eigenvalue weighted by molar-refractivity contribution is 0.390. The third-order valence-electron chi connectivity index (χ3n) is 2.68. The van der Waals surface area contributed by atoms with E-state index >= 15 is 0 Å². The molecule has 0 atom stereocenters. The average Bonchev–Trinajstić information content (AvgIpc) is 2.64. The first-order valence-electron chi connectivity index (χ1n) is 5.72. The van der Waals surface area contributed by atoms with Gasteiger partial charge in [0.1, 0.15) is 0 Å². The standard InChI is InChI=1S/C13H19N3/c1-13(2,3)7-8-14-11-5-4-6-12-10(11)9-15-16-12/h4-6,9,14H,7-8H2,1-3H3,(H,15,16). The molecule has 86 valence electrons. The Hall–Kier alpha value is -1.51. The second kappa shape index (κ2) is 4.16. The molecule has 0 unspecified atom stereocenters. The van der Waals surface area contributed by atoms with E-state index in [1.54, 1.807) is 0 Å². The second-order valence-electron chi connectivity index (χ2n) is 5.37. The Kier molecular flexibility index (Phi) is 2.86. The minimum Gasteiger partial charge on any atom is -0.384 e. The van der Waals surface area contributed by atoms with Crippen LogP contribution in [-0.2, 0) is 0 Å². The summed E-state index contributed by atoms with van der Waals surface area (Å²) in [4.78, 5) is 0. The van der Waals surface area contributed by atoms with Crippen LogP contribution in [0.5, 0.6) is 0 Å². The lowest BCUT2D eigenvalue weighted by atomic mass is 9.92. The van der Waals surface area contributed by atoms with E-state index in [2.05, 4.69) is 42.4 Å². The van der Waals surface area contributed by atoms with Gasteiger partial charge >= 0.3 is 0 Å². The number of anilines is 1. The first-order valence-corrected chi connectivity index (χ1v) is 5.72. The molecule has 3 nitrogen and oxygen atoms in total. The molecule has 0 aliphatic carbocycles. The number of hydrogen-bond acceptors (Lipinski definition) is 2. The van der Waals surface area contributed by atoms with Crippen LogP contribution in [0.2, 0.25) is 0 Å². The third-order valence-corrected chi connectivity index (χ3v) is 2.68. The maximum Gasteiger partial charge on any atom is 0.0671 e. The van der Waals surface area contributed by atoms with Crippen molar-refractivity contribution in [1.29, 1.82) is 0 Å². The number of fused-ring (bicyclic) bond motifs is 1. The van der Waals surface area contributed by atoms with Crippen molar-refractivity contribution in [1.82, 2.24) is 10.2 Å². The van der Waals surface area contributed by atoms with E-state index < -0.39 is 0 Å². The lowest BCUT2D eigenvalue weighted by Gasteiger charge is -2.18. The fourth-order valence-corrected chi connectivity index (χ4v) is 1.69. The average molecular weight is 217 g/mol. The zero-order chi connectivity index (χ0) is 11.6. The predicted octanol–water partition coefficient (Wildman–Crippen LogP) is 3.41. The number of hydrogen-bond donors (Lipinski definition) is 2. The van der Waals surface area contributed by atoms with Gasteiger partial charge in [0.25, 0.3) is 0 Å². The van der Waals surface area contributed by atoms with Gasteiger partial charge in [0.15, 0.2) is 0 Å². The number of nitrogens with one attached hydrogen (secondary N) is 2. The zero-order valence-corrected chi connectivity index (χ0v) is 10.2. The Labute approximate surface area is 96.2 Å². The van der Waals surface area contributed by atoms with Crippen LogP contribution in [-0.4, -0.2) is 16.7 Å². The summed E-state index contributed by atoms with van der Waals surface area (Å²) in [7, 11) is 0. The van der Waals surface area contributed by atoms with Gasteiger partial charge in [-0.25, -0.2) is 0 Å². The van der Waals surface area contributed by atoms with Crippen molar-refractivity contribution < 1.29 is 0 Å². The molecule has 0 aliphatic heterocycles. The minimum absolute atomic E-state index is 0.372. The zero-order valence-electron chi connectivity index (χ0n) is 10.2. The number of aromatic amines is 1. The van der Waals surface area contributed by atoms with Gasteiger partial charge in [0, 0.05) is 17.6 Å². The number of H-pyrrole nitrogens is 1. The van der Waals surface area contributed by atoms with Gasteiger partial charge in [-0.3, -0.25) is 5.10 Å². The van der Waals surface area contributed by atoms with E-state index in [0.29, 0.717) is 5.41 Å². The van der Waals surface area contributed by atoms with Crippen molar-refractivity contribution in [3.8, 4) is 0 Å². The highest BCUT2D eigenvalue weighted by molar-refractivity contribution is 5.90. The Balaban J connectivity index is 2.07. The van der Waals surface area contributed by atoms with E-state index in [0.717, 1.165) is 29.6 Å². The van der Waals surface area contributed by atoms with Crippen molar-refractivity contribution in [2.75, 3.05) is 11.9 Å². The van der Waals surface area contributed by atoms with Gasteiger partial charge in [-0.2, -0.15) is 5.10 Å². The Morgan fingerprint density at radius 2 is 2.12 bits per heavy atom. The highest BCUT2D eigenvalue weighted by Crippen LogP contribution is 2.23. The van der Waals surface area contributed by atoms with E-state index in [-0.39, 0.29) is 0 Å². The maximum absolute atomic E-state index is 4.05. The van der Waals surface area contributed by atoms with Gasteiger partial charge in [-0.1, -0.05) is 26.8 Å². The van der Waals surface area contributed by atoms with Gasteiger partial charge < -0.3 is 5.32 Å². The molecule has 2 aromatic rings. The van der Waals surface area contributed by atoms with E-state index in [4.69, 9.17) is 0 Å². The highest BCUT2D eigenvalue weighted by atomic mass is 15.1. The van der Waals surface area contributed by atoms with Crippen LogP contribution >= 0.6 is 0 Å². The Bertz CT molecular complexity index is 465. The molecule has 0 spiro atoms. The summed E-state index contributed by atoms with van der Waals surface area (Å²) in [5.41, 5.74) is 2.62. The summed E-state index contributed by atoms with van der Waals surface area (Å²) in [5.74, 6) is 0. The fourth-order valence-electron chi connectivity index (χ4n) is 1.69. The molecule has 0 saturated heterocycles. The molecular formula is C13H19N3. The largest absolute Gasteiger partial charge is 0.384 e. The molecule has 1 aromatic heterocycles. The summed E-state index contributed by atoms with van der Waals surface area (Å²) in [6.45, 7) is 7.77. The van der Waals surface area contributed by atoms with Crippen molar-refractivity contribution >= 4 is 16.6 Å². The van der Waals surface area contributed by atoms with Crippen molar-refractivity contribution in [2.45, 2.75) is 27.2 Å². The van der Waals surface area contributed by atoms with Crippen LogP contribution in [0, 0.1) is 5.41 Å². The van der Waals surface area contributed by atoms with Crippen LogP contribution in [0.3, 0.4) is 0 Å². The van der Waals surface area contributed by atoms with Crippen LogP contribution in [0.1, 0.15) is 27.2 Å². The summed E-state index contributed by atoms with van der Waals surface area (Å²) >= 11 is 0. The second-order valence-corrected chi connectivity index (χ2v) is 5.37. The van der Waals surface area contributed by atoms with Crippen molar-refractivity contribution in [3.63, 3.8) is 0 Å². The molecule has 0 fully saturated rings. The van der Waals surface area contributed by atoms with Crippen LogP contribution in [0.15, 0.2) is 24.4 Å². The quantitative estimate of drug-likeness (QED) is 0.827. The van der Waals surface area contributed by atoms with Crippen LogP contribution in [0.4, 0.5) is 5.69 Å². The normalized spacial score (nSPS) is 11.9. The first kappa shape index (κ1) is 11.0. The molecule has 2 N–H and O–H groups in total. The number of rotatable bonds is 3. The first-order chi connectivity index (χ1) is 7.56. The summed E-state index contributed by atoms with van der Waals surface area (Å²) < 4.78 is 0. The van der Waals surface area contributed by atoms with Crippen molar-refractivity contribution in [2.24, 2.45) is 5.41 Å². The monoisotopic (exact) mass is 217 g/mol. The van der Waals surface area contributed by atoms with E-state index in [9.17, 15) is 0 Å². The molecule has 0 bridgehead atoms. The summed E-state index contributed by atoms with van der Waals surface area (Å²) in [6, 6.07) is 6.18. The molecule has 0 saturated carbocycles. The van der Waals surface area contributed by atoms with Gasteiger partial charge in [0.05, 0.1) is 11.7 Å². The van der Waals surface area contributed by atoms with Gasteiger partial charge in [-0.15, -0.1) is 0 Å². The topological polar surface area (TPSA) is 40.7 Å². The molecule has 1 heterocycles. The number of benzene rings is 1. The Morgan fingerprint density at radius 1 is 1.31 bits per heavy atom. The van der Waals surface area contributed by atoms with E-state index in [1.165, 1.54) is 0 Å². The summed E-state index contributed by atoms with van der Waals surface area (Å²) in [5, 5.41) is 11.7. The SMILES string of the molecule is CC(C)(C)CCNc1cccc2[nH]ncc12. The minimum atomic E-state index is 0.372. The van der Waals surface area contributed by atoms with Crippen LogP contribution < -0.4 is 5.32 Å². The fraction of sp³-hybridized carbons (Fsp3) is 0.462. The molecule has 0 radical (unpaired) electrons.